The van der Waals surface area contributed by atoms with Crippen LogP contribution in [0.25, 0.3) is 0 Å². The Morgan fingerprint density at radius 2 is 1.97 bits per heavy atom. The zero-order chi connectivity index (χ0) is 21.7. The van der Waals surface area contributed by atoms with Crippen LogP contribution >= 0.6 is 0 Å². The molecule has 4 rings (SSSR count). The zero-order valence-corrected chi connectivity index (χ0v) is 16.5. The van der Waals surface area contributed by atoms with Crippen molar-refractivity contribution in [2.24, 2.45) is 5.73 Å². The molecule has 0 aliphatic carbocycles. The molecule has 1 aromatic heterocycles. The first-order valence-electron chi connectivity index (χ1n) is 9.56. The number of ether oxygens (including phenoxy) is 1. The second kappa shape index (κ2) is 7.42. The van der Waals surface area contributed by atoms with Gasteiger partial charge in [-0.15, -0.1) is 0 Å². The fourth-order valence-electron chi connectivity index (χ4n) is 4.54. The highest BCUT2D eigenvalue weighted by atomic mass is 19.2. The molecule has 7 nitrogen and oxygen atoms in total. The molecule has 1 fully saturated rings. The number of likely N-dealkylation sites (tertiary alicyclic amines) is 1. The SMILES string of the molecule is COC(=O)c1nc(C)n2c1C1CC2CN1C(=O)CC(N)Cc1cc(F)c(F)cc1F. The lowest BCUT2D eigenvalue weighted by molar-refractivity contribution is -0.133. The van der Waals surface area contributed by atoms with Gasteiger partial charge in [0.2, 0.25) is 5.91 Å². The molecule has 2 aliphatic rings. The first-order chi connectivity index (χ1) is 14.2. The van der Waals surface area contributed by atoms with Gasteiger partial charge < -0.3 is 19.9 Å². The molecule has 3 unspecified atom stereocenters. The Balaban J connectivity index is 1.48. The highest BCUT2D eigenvalue weighted by Gasteiger charge is 2.48. The third-order valence-electron chi connectivity index (χ3n) is 5.79. The van der Waals surface area contributed by atoms with Gasteiger partial charge >= 0.3 is 5.97 Å². The number of nitrogens with two attached hydrogens (primary N) is 1. The van der Waals surface area contributed by atoms with Crippen molar-refractivity contribution in [3.8, 4) is 0 Å². The van der Waals surface area contributed by atoms with Crippen molar-refractivity contribution in [3.63, 3.8) is 0 Å². The highest BCUT2D eigenvalue weighted by Crippen LogP contribution is 2.48. The number of fused-ring (bicyclic) bond motifs is 5. The number of hydrogen-bond donors (Lipinski definition) is 1. The first-order valence-corrected chi connectivity index (χ1v) is 9.56. The Bertz CT molecular complexity index is 1040. The Labute approximate surface area is 170 Å². The Morgan fingerprint density at radius 3 is 2.67 bits per heavy atom. The summed E-state index contributed by atoms with van der Waals surface area (Å²) < 4.78 is 47.1. The molecule has 2 bridgehead atoms. The molecule has 0 spiro atoms. The minimum Gasteiger partial charge on any atom is -0.464 e. The van der Waals surface area contributed by atoms with E-state index < -0.39 is 29.5 Å². The monoisotopic (exact) mass is 422 g/mol. The van der Waals surface area contributed by atoms with Gasteiger partial charge in [0.1, 0.15) is 11.6 Å². The van der Waals surface area contributed by atoms with Crippen molar-refractivity contribution in [3.05, 3.63) is 52.4 Å². The number of imidazole rings is 1. The number of carbonyl (C=O) groups excluding carboxylic acids is 2. The summed E-state index contributed by atoms with van der Waals surface area (Å²) >= 11 is 0. The number of amides is 1. The van der Waals surface area contributed by atoms with Gasteiger partial charge in [0, 0.05) is 25.1 Å². The number of aromatic nitrogens is 2. The summed E-state index contributed by atoms with van der Waals surface area (Å²) in [5, 5.41) is 0. The number of methoxy groups -OCH3 is 1. The van der Waals surface area contributed by atoms with Gasteiger partial charge in [0.15, 0.2) is 17.3 Å². The third-order valence-corrected chi connectivity index (χ3v) is 5.79. The van der Waals surface area contributed by atoms with Crippen LogP contribution in [0.3, 0.4) is 0 Å². The molecule has 0 saturated carbocycles. The van der Waals surface area contributed by atoms with Crippen molar-refractivity contribution in [2.75, 3.05) is 13.7 Å². The van der Waals surface area contributed by atoms with Crippen molar-refractivity contribution < 1.29 is 27.5 Å². The summed E-state index contributed by atoms with van der Waals surface area (Å²) in [6.45, 7) is 2.26. The fourth-order valence-corrected chi connectivity index (χ4v) is 4.54. The molecule has 1 amide bonds. The molecule has 30 heavy (non-hydrogen) atoms. The van der Waals surface area contributed by atoms with Gasteiger partial charge in [-0.2, -0.15) is 0 Å². The zero-order valence-electron chi connectivity index (χ0n) is 16.5. The van der Waals surface area contributed by atoms with E-state index in [1.165, 1.54) is 7.11 Å². The van der Waals surface area contributed by atoms with Gasteiger partial charge in [-0.3, -0.25) is 4.79 Å². The molecule has 2 N–H and O–H groups in total. The first kappa shape index (κ1) is 20.4. The third kappa shape index (κ3) is 3.24. The van der Waals surface area contributed by atoms with E-state index in [4.69, 9.17) is 10.5 Å². The van der Waals surface area contributed by atoms with Gasteiger partial charge in [0.05, 0.1) is 24.9 Å². The van der Waals surface area contributed by atoms with Crippen LogP contribution in [0.15, 0.2) is 12.1 Å². The molecule has 3 atom stereocenters. The Kier molecular flexibility index (Phi) is 5.05. The maximum atomic E-state index is 13.9. The lowest BCUT2D eigenvalue weighted by Crippen LogP contribution is -2.39. The number of aryl methyl sites for hydroxylation is 1. The van der Waals surface area contributed by atoms with E-state index in [1.54, 1.807) is 11.8 Å². The number of rotatable bonds is 5. The van der Waals surface area contributed by atoms with Crippen LogP contribution in [0.4, 0.5) is 13.2 Å². The number of nitrogens with zero attached hydrogens (tertiary/aromatic N) is 3. The molecule has 0 radical (unpaired) electrons. The average Bonchev–Trinajstić information content (AvgIpc) is 3.37. The molecule has 3 heterocycles. The van der Waals surface area contributed by atoms with Crippen LogP contribution in [0.1, 0.15) is 52.5 Å². The lowest BCUT2D eigenvalue weighted by Gasteiger charge is -2.30. The molecule has 10 heteroatoms. The lowest BCUT2D eigenvalue weighted by atomic mass is 10.0. The maximum Gasteiger partial charge on any atom is 0.358 e. The minimum absolute atomic E-state index is 0.0136. The van der Waals surface area contributed by atoms with E-state index in [9.17, 15) is 22.8 Å². The maximum absolute atomic E-state index is 13.9. The smallest absolute Gasteiger partial charge is 0.358 e. The van der Waals surface area contributed by atoms with Gasteiger partial charge in [-0.25, -0.2) is 22.9 Å². The van der Waals surface area contributed by atoms with E-state index in [0.29, 0.717) is 30.6 Å². The second-order valence-electron chi connectivity index (χ2n) is 7.73. The number of carbonyl (C=O) groups is 2. The predicted molar refractivity (Wildman–Crippen MR) is 99.0 cm³/mol. The molecule has 1 aromatic carbocycles. The summed E-state index contributed by atoms with van der Waals surface area (Å²) in [6.07, 6.45) is 0.463. The number of benzene rings is 1. The summed E-state index contributed by atoms with van der Waals surface area (Å²) in [5.41, 5.74) is 6.78. The summed E-state index contributed by atoms with van der Waals surface area (Å²) in [6, 6.07) is 0.153. The van der Waals surface area contributed by atoms with E-state index >= 15 is 0 Å². The molecular formula is C20H21F3N4O3. The predicted octanol–water partition coefficient (Wildman–Crippen LogP) is 2.18. The topological polar surface area (TPSA) is 90.5 Å². The summed E-state index contributed by atoms with van der Waals surface area (Å²) in [7, 11) is 1.27. The molecular weight excluding hydrogens is 401 g/mol. The quantitative estimate of drug-likeness (QED) is 0.589. The van der Waals surface area contributed by atoms with Crippen LogP contribution in [0, 0.1) is 24.4 Å². The molecule has 2 aliphatic heterocycles. The summed E-state index contributed by atoms with van der Waals surface area (Å²) in [4.78, 5) is 30.9. The normalized spacial score (nSPS) is 20.4. The van der Waals surface area contributed by atoms with Crippen LogP contribution < -0.4 is 5.73 Å². The van der Waals surface area contributed by atoms with E-state index in [1.807, 2.05) is 4.57 Å². The molecule has 2 aromatic rings. The number of halogens is 3. The van der Waals surface area contributed by atoms with Gasteiger partial charge in [-0.05, 0) is 31.4 Å². The average molecular weight is 422 g/mol. The van der Waals surface area contributed by atoms with Crippen LogP contribution in [-0.4, -0.2) is 46.0 Å². The summed E-state index contributed by atoms with van der Waals surface area (Å²) in [5.74, 6) is -3.46. The van der Waals surface area contributed by atoms with Crippen molar-refractivity contribution in [1.82, 2.24) is 14.5 Å². The van der Waals surface area contributed by atoms with Gasteiger partial charge in [0.25, 0.3) is 0 Å². The Hall–Kier alpha value is -2.88. The van der Waals surface area contributed by atoms with Gasteiger partial charge in [-0.1, -0.05) is 0 Å². The van der Waals surface area contributed by atoms with Crippen LogP contribution in [-0.2, 0) is 16.0 Å². The second-order valence-corrected chi connectivity index (χ2v) is 7.73. The molecule has 160 valence electrons. The standard InChI is InChI=1S/C20H21F3N4O3/c1-9-25-18(20(29)30-2)19-16-6-12(27(9)19)8-26(16)17(28)5-11(24)3-10-4-14(22)15(23)7-13(10)21/h4,7,11-12,16H,3,5-6,8,24H2,1-2H3. The fraction of sp³-hybridized carbons (Fsp3) is 0.450. The van der Waals surface area contributed by atoms with E-state index in [-0.39, 0.29) is 42.1 Å². The van der Waals surface area contributed by atoms with E-state index in [0.717, 1.165) is 6.07 Å². The largest absolute Gasteiger partial charge is 0.464 e. The number of esters is 1. The highest BCUT2D eigenvalue weighted by molar-refractivity contribution is 5.89. The van der Waals surface area contributed by atoms with Crippen molar-refractivity contribution >= 4 is 11.9 Å². The van der Waals surface area contributed by atoms with Crippen molar-refractivity contribution in [1.29, 1.82) is 0 Å². The van der Waals surface area contributed by atoms with Crippen molar-refractivity contribution in [2.45, 2.75) is 44.3 Å². The number of hydrogen-bond acceptors (Lipinski definition) is 5. The van der Waals surface area contributed by atoms with Crippen LogP contribution in [0.2, 0.25) is 0 Å². The molecule has 1 saturated heterocycles. The Morgan fingerprint density at radius 1 is 1.27 bits per heavy atom. The minimum atomic E-state index is -1.28. The van der Waals surface area contributed by atoms with Crippen LogP contribution in [0.5, 0.6) is 0 Å². The van der Waals surface area contributed by atoms with E-state index in [2.05, 4.69) is 4.98 Å².